The molecule has 11 nitrogen and oxygen atoms in total. The molecule has 154 valence electrons. The summed E-state index contributed by atoms with van der Waals surface area (Å²) in [4.78, 5) is 0. The largest absolute Gasteiger partial charge is 0.394 e. The van der Waals surface area contributed by atoms with E-state index in [9.17, 15) is 30.6 Å². The van der Waals surface area contributed by atoms with E-state index < -0.39 is 74.4 Å². The minimum atomic E-state index is -1.46. The zero-order chi connectivity index (χ0) is 19.4. The minimum Gasteiger partial charge on any atom is -0.394 e. The average Bonchev–Trinajstić information content (AvgIpc) is 2.65. The fourth-order valence-electron chi connectivity index (χ4n) is 3.25. The molecule has 0 aliphatic carbocycles. The van der Waals surface area contributed by atoms with Crippen molar-refractivity contribution in [3.05, 3.63) is 0 Å². The summed E-state index contributed by atoms with van der Waals surface area (Å²) in [7, 11) is 2.60. The zero-order valence-electron chi connectivity index (χ0n) is 14.6. The van der Waals surface area contributed by atoms with Crippen LogP contribution in [0, 0.1) is 5.92 Å². The average molecular weight is 384 g/mol. The van der Waals surface area contributed by atoms with Crippen molar-refractivity contribution >= 4 is 0 Å². The summed E-state index contributed by atoms with van der Waals surface area (Å²) in [5.74, 6) is -0.845. The van der Waals surface area contributed by atoms with Crippen LogP contribution in [0.25, 0.3) is 0 Å². The summed E-state index contributed by atoms with van der Waals surface area (Å²) in [6, 6.07) is 0. The molecule has 26 heavy (non-hydrogen) atoms. The number of methoxy groups -OCH3 is 2. The second-order valence-corrected chi connectivity index (χ2v) is 6.35. The molecule has 0 aromatic rings. The lowest BCUT2D eigenvalue weighted by atomic mass is 9.90. The van der Waals surface area contributed by atoms with Crippen molar-refractivity contribution in [3.8, 4) is 0 Å². The molecule has 2 fully saturated rings. The van der Waals surface area contributed by atoms with Crippen LogP contribution in [0.1, 0.15) is 0 Å². The fourth-order valence-corrected chi connectivity index (χ4v) is 3.25. The molecule has 0 aromatic heterocycles. The molecule has 6 N–H and O–H groups in total. The van der Waals surface area contributed by atoms with Gasteiger partial charge in [-0.25, -0.2) is 0 Å². The topological polar surface area (TPSA) is 168 Å². The van der Waals surface area contributed by atoms with Gasteiger partial charge in [-0.15, -0.1) is 0 Å². The Bertz CT molecular complexity index is 420. The molecule has 2 aliphatic rings. The summed E-state index contributed by atoms with van der Waals surface area (Å²) in [5, 5.41) is 59.3. The maximum absolute atomic E-state index is 10.3. The highest BCUT2D eigenvalue weighted by molar-refractivity contribution is 4.92. The first-order chi connectivity index (χ1) is 12.4. The predicted molar refractivity (Wildman–Crippen MR) is 82.8 cm³/mol. The number of aliphatic hydroxyl groups is 6. The molecule has 0 radical (unpaired) electrons. The van der Waals surface area contributed by atoms with Crippen LogP contribution in [-0.2, 0) is 23.7 Å². The van der Waals surface area contributed by atoms with Crippen LogP contribution in [0.4, 0.5) is 0 Å². The molecule has 0 amide bonds. The van der Waals surface area contributed by atoms with Crippen molar-refractivity contribution in [2.75, 3.05) is 34.0 Å². The molecule has 10 unspecified atom stereocenters. The quantitative estimate of drug-likeness (QED) is 0.254. The van der Waals surface area contributed by atoms with Crippen LogP contribution in [0.15, 0.2) is 0 Å². The van der Waals surface area contributed by atoms with Gasteiger partial charge in [0.15, 0.2) is 12.6 Å². The van der Waals surface area contributed by atoms with Crippen molar-refractivity contribution in [2.45, 2.75) is 55.3 Å². The number of aliphatic hydroxyl groups excluding tert-OH is 6. The molecule has 11 heteroatoms. The van der Waals surface area contributed by atoms with E-state index in [1.165, 1.54) is 14.2 Å². The van der Waals surface area contributed by atoms with E-state index in [2.05, 4.69) is 0 Å². The summed E-state index contributed by atoms with van der Waals surface area (Å²) in [6.45, 7) is -1.19. The zero-order valence-corrected chi connectivity index (χ0v) is 14.6. The van der Waals surface area contributed by atoms with Gasteiger partial charge in [0.25, 0.3) is 0 Å². The van der Waals surface area contributed by atoms with Crippen LogP contribution < -0.4 is 0 Å². The Balaban J connectivity index is 2.02. The molecule has 0 spiro atoms. The van der Waals surface area contributed by atoms with Crippen molar-refractivity contribution in [3.63, 3.8) is 0 Å². The summed E-state index contributed by atoms with van der Waals surface area (Å²) in [5.41, 5.74) is 0. The van der Waals surface area contributed by atoms with Gasteiger partial charge in [-0.05, 0) is 0 Å². The Morgan fingerprint density at radius 1 is 0.731 bits per heavy atom. The lowest BCUT2D eigenvalue weighted by molar-refractivity contribution is -0.322. The van der Waals surface area contributed by atoms with Gasteiger partial charge in [-0.2, -0.15) is 0 Å². The Morgan fingerprint density at radius 2 is 1.31 bits per heavy atom. The van der Waals surface area contributed by atoms with Gasteiger partial charge >= 0.3 is 0 Å². The Kier molecular flexibility index (Phi) is 8.12. The molecule has 0 saturated carbocycles. The molecule has 0 aromatic carbocycles. The normalized spacial score (nSPS) is 47.1. The third kappa shape index (κ3) is 4.34. The van der Waals surface area contributed by atoms with Crippen molar-refractivity contribution in [2.24, 2.45) is 5.92 Å². The van der Waals surface area contributed by atoms with E-state index in [1.54, 1.807) is 0 Å². The number of rotatable bonds is 7. The first-order valence-corrected chi connectivity index (χ1v) is 8.31. The Hall–Kier alpha value is -0.440. The van der Waals surface area contributed by atoms with E-state index in [4.69, 9.17) is 23.7 Å². The third-order valence-electron chi connectivity index (χ3n) is 4.81. The van der Waals surface area contributed by atoms with Crippen molar-refractivity contribution in [1.29, 1.82) is 0 Å². The maximum atomic E-state index is 10.3. The highest BCUT2D eigenvalue weighted by Crippen LogP contribution is 2.29. The Labute approximate surface area is 150 Å². The van der Waals surface area contributed by atoms with E-state index in [1.807, 2.05) is 0 Å². The van der Waals surface area contributed by atoms with Gasteiger partial charge < -0.3 is 54.3 Å². The molecule has 2 rings (SSSR count). The standard InChI is InChI=1S/C15H28O11/c1-22-13-8(4-17)26-15(12(21)10(13)19)24-5-6-7(3-16)25-14(23-2)11(20)9(6)18/h6-21H,3-5H2,1-2H3. The van der Waals surface area contributed by atoms with Crippen molar-refractivity contribution < 1.29 is 54.3 Å². The summed E-state index contributed by atoms with van der Waals surface area (Å²) in [6.07, 6.45) is -10.7. The maximum Gasteiger partial charge on any atom is 0.186 e. The van der Waals surface area contributed by atoms with Crippen LogP contribution in [0.2, 0.25) is 0 Å². The highest BCUT2D eigenvalue weighted by Gasteiger charge is 2.48. The molecule has 2 heterocycles. The van der Waals surface area contributed by atoms with E-state index in [-0.39, 0.29) is 6.61 Å². The smallest absolute Gasteiger partial charge is 0.186 e. The van der Waals surface area contributed by atoms with Gasteiger partial charge in [-0.3, -0.25) is 0 Å². The minimum absolute atomic E-state index is 0.260. The van der Waals surface area contributed by atoms with E-state index in [0.29, 0.717) is 0 Å². The summed E-state index contributed by atoms with van der Waals surface area (Å²) >= 11 is 0. The molecule has 10 atom stereocenters. The van der Waals surface area contributed by atoms with Gasteiger partial charge in [-0.1, -0.05) is 0 Å². The SMILES string of the molecule is COC1OC(CO)C(COC2OC(CO)C(OC)C(O)C2O)C(O)C1O. The number of hydrogen-bond donors (Lipinski definition) is 6. The summed E-state index contributed by atoms with van der Waals surface area (Å²) < 4.78 is 26.2. The molecular weight excluding hydrogens is 356 g/mol. The van der Waals surface area contributed by atoms with Crippen LogP contribution in [0.3, 0.4) is 0 Å². The third-order valence-corrected chi connectivity index (χ3v) is 4.81. The number of hydrogen-bond acceptors (Lipinski definition) is 11. The van der Waals surface area contributed by atoms with Gasteiger partial charge in [0.2, 0.25) is 0 Å². The fraction of sp³-hybridized carbons (Fsp3) is 1.00. The lowest BCUT2D eigenvalue weighted by Gasteiger charge is -2.44. The lowest BCUT2D eigenvalue weighted by Crippen LogP contribution is -2.61. The molecular formula is C15H28O11. The molecule has 2 aliphatic heterocycles. The second kappa shape index (κ2) is 9.66. The van der Waals surface area contributed by atoms with Crippen LogP contribution in [0.5, 0.6) is 0 Å². The first kappa shape index (κ1) is 21.9. The van der Waals surface area contributed by atoms with Crippen LogP contribution >= 0.6 is 0 Å². The molecule has 0 bridgehead atoms. The van der Waals surface area contributed by atoms with Crippen molar-refractivity contribution in [1.82, 2.24) is 0 Å². The predicted octanol–water partition coefficient (Wildman–Crippen LogP) is -3.84. The second-order valence-electron chi connectivity index (χ2n) is 6.35. The van der Waals surface area contributed by atoms with E-state index in [0.717, 1.165) is 0 Å². The van der Waals surface area contributed by atoms with Gasteiger partial charge in [0, 0.05) is 20.1 Å². The van der Waals surface area contributed by atoms with E-state index >= 15 is 0 Å². The highest BCUT2D eigenvalue weighted by atomic mass is 16.7. The monoisotopic (exact) mass is 384 g/mol. The van der Waals surface area contributed by atoms with Gasteiger partial charge in [0.1, 0.15) is 30.5 Å². The van der Waals surface area contributed by atoms with Gasteiger partial charge in [0.05, 0.1) is 32.0 Å². The molecule has 2 saturated heterocycles. The number of ether oxygens (including phenoxy) is 5. The Morgan fingerprint density at radius 3 is 1.85 bits per heavy atom. The first-order valence-electron chi connectivity index (χ1n) is 8.31. The van der Waals surface area contributed by atoms with Crippen LogP contribution in [-0.4, -0.2) is 120 Å².